The van der Waals surface area contributed by atoms with E-state index in [0.29, 0.717) is 56.0 Å². The van der Waals surface area contributed by atoms with E-state index in [1.54, 1.807) is 47.5 Å². The van der Waals surface area contributed by atoms with E-state index in [1.165, 1.54) is 25.7 Å². The summed E-state index contributed by atoms with van der Waals surface area (Å²) in [4.78, 5) is 34.0. The molecule has 1 aromatic heterocycles. The molecular formula is C29H34N4O4S. The molecule has 2 aromatic rings. The third-order valence-electron chi connectivity index (χ3n) is 8.63. The van der Waals surface area contributed by atoms with E-state index in [1.807, 2.05) is 17.0 Å². The summed E-state index contributed by atoms with van der Waals surface area (Å²) in [5.74, 6) is 2.38. The summed E-state index contributed by atoms with van der Waals surface area (Å²) in [5, 5.41) is 0.759. The van der Waals surface area contributed by atoms with Gasteiger partial charge in [-0.15, -0.1) is 0 Å². The Balaban J connectivity index is 0.997. The first-order valence-corrected chi connectivity index (χ1v) is 15.2. The van der Waals surface area contributed by atoms with Crippen LogP contribution in [0, 0.1) is 17.8 Å². The number of pyridine rings is 1. The monoisotopic (exact) mass is 534 g/mol. The standard InChI is InChI=1S/C29H34N4O4S/c34-27(19-23-18-25(23)20-4-1-5-20)32-14-16-33(17-15-32)29(35)22-9-11-24(12-10-22)31-38(36,37)26-8-2-6-21-7-3-13-30-28(21)26/h2-3,6-11,13,20,23-25,31H,1,4-5,12,14-19H2. The quantitative estimate of drug-likeness (QED) is 0.588. The normalized spacial score (nSPS) is 25.7. The molecule has 1 N–H and O–H groups in total. The summed E-state index contributed by atoms with van der Waals surface area (Å²) in [7, 11) is -3.80. The van der Waals surface area contributed by atoms with Gasteiger partial charge in [0.15, 0.2) is 0 Å². The molecule has 1 aliphatic heterocycles. The van der Waals surface area contributed by atoms with Crippen molar-refractivity contribution in [3.63, 3.8) is 0 Å². The Labute approximate surface area is 223 Å². The van der Waals surface area contributed by atoms with Gasteiger partial charge in [0.1, 0.15) is 4.90 Å². The van der Waals surface area contributed by atoms with E-state index < -0.39 is 16.1 Å². The number of rotatable bonds is 7. The van der Waals surface area contributed by atoms with E-state index in [-0.39, 0.29) is 16.7 Å². The van der Waals surface area contributed by atoms with Crippen molar-refractivity contribution in [3.05, 3.63) is 60.3 Å². The maximum absolute atomic E-state index is 13.1. The zero-order valence-corrected chi connectivity index (χ0v) is 22.3. The molecule has 8 nitrogen and oxygen atoms in total. The Hall–Kier alpha value is -3.04. The third kappa shape index (κ3) is 5.14. The second-order valence-electron chi connectivity index (χ2n) is 11.0. The molecule has 3 atom stereocenters. The summed E-state index contributed by atoms with van der Waals surface area (Å²) in [6.45, 7) is 2.20. The van der Waals surface area contributed by atoms with Crippen molar-refractivity contribution in [1.29, 1.82) is 0 Å². The molecule has 3 fully saturated rings. The molecule has 200 valence electrons. The Kier molecular flexibility index (Phi) is 6.82. The van der Waals surface area contributed by atoms with Crippen LogP contribution in [0.2, 0.25) is 0 Å². The summed E-state index contributed by atoms with van der Waals surface area (Å²) >= 11 is 0. The van der Waals surface area contributed by atoms with Crippen LogP contribution < -0.4 is 4.72 Å². The van der Waals surface area contributed by atoms with Gasteiger partial charge in [-0.25, -0.2) is 13.1 Å². The first-order valence-electron chi connectivity index (χ1n) is 13.7. The highest BCUT2D eigenvalue weighted by Gasteiger charge is 2.46. The number of aromatic nitrogens is 1. The Morgan fingerprint density at radius 2 is 1.79 bits per heavy atom. The van der Waals surface area contributed by atoms with Crippen LogP contribution in [0.4, 0.5) is 0 Å². The molecule has 2 amide bonds. The van der Waals surface area contributed by atoms with Crippen LogP contribution in [-0.2, 0) is 19.6 Å². The molecule has 0 radical (unpaired) electrons. The van der Waals surface area contributed by atoms with Crippen LogP contribution in [0.1, 0.15) is 38.5 Å². The Morgan fingerprint density at radius 3 is 2.50 bits per heavy atom. The summed E-state index contributed by atoms with van der Waals surface area (Å²) in [6.07, 6.45) is 13.1. The molecule has 3 aliphatic carbocycles. The summed E-state index contributed by atoms with van der Waals surface area (Å²) in [6, 6.07) is 8.24. The number of carbonyl (C=O) groups is 2. The number of nitrogens with one attached hydrogen (secondary N) is 1. The maximum Gasteiger partial charge on any atom is 0.253 e. The SMILES string of the molecule is O=C(CC1CC1C1CCC1)N1CCN(C(=O)C2=CCC(NS(=O)(=O)c3cccc4cccnc34)C=C2)CC1. The predicted octanol–water partition coefficient (Wildman–Crippen LogP) is 3.27. The number of sulfonamides is 1. The maximum atomic E-state index is 13.1. The van der Waals surface area contributed by atoms with Crippen molar-refractivity contribution in [2.24, 2.45) is 17.8 Å². The number of hydrogen-bond donors (Lipinski definition) is 1. The molecular weight excluding hydrogens is 500 g/mol. The van der Waals surface area contributed by atoms with Crippen LogP contribution >= 0.6 is 0 Å². The minimum Gasteiger partial charge on any atom is -0.339 e. The largest absolute Gasteiger partial charge is 0.339 e. The van der Waals surface area contributed by atoms with E-state index in [2.05, 4.69) is 9.71 Å². The lowest BCUT2D eigenvalue weighted by Gasteiger charge is -2.35. The summed E-state index contributed by atoms with van der Waals surface area (Å²) in [5.41, 5.74) is 0.995. The highest BCUT2D eigenvalue weighted by Crippen LogP contribution is 2.53. The minimum absolute atomic E-state index is 0.0693. The fourth-order valence-electron chi connectivity index (χ4n) is 6.07. The number of amides is 2. The van der Waals surface area contributed by atoms with Crippen LogP contribution in [0.15, 0.2) is 65.2 Å². The number of nitrogens with zero attached hydrogens (tertiary/aromatic N) is 3. The second kappa shape index (κ2) is 10.3. The lowest BCUT2D eigenvalue weighted by molar-refractivity contribution is -0.137. The van der Waals surface area contributed by atoms with Gasteiger partial charge in [0, 0.05) is 55.8 Å². The molecule has 6 rings (SSSR count). The number of para-hydroxylation sites is 1. The van der Waals surface area contributed by atoms with Crippen LogP contribution in [0.5, 0.6) is 0 Å². The molecule has 0 bridgehead atoms. The highest BCUT2D eigenvalue weighted by molar-refractivity contribution is 7.89. The molecule has 1 aromatic carbocycles. The van der Waals surface area contributed by atoms with Gasteiger partial charge in [0.05, 0.1) is 5.52 Å². The van der Waals surface area contributed by atoms with Crippen LogP contribution in [0.25, 0.3) is 10.9 Å². The number of fused-ring (bicyclic) bond motifs is 1. The molecule has 1 saturated heterocycles. The summed E-state index contributed by atoms with van der Waals surface area (Å²) < 4.78 is 28.9. The Morgan fingerprint density at radius 1 is 1.03 bits per heavy atom. The third-order valence-corrected chi connectivity index (χ3v) is 10.1. The average Bonchev–Trinajstić information content (AvgIpc) is 3.65. The van der Waals surface area contributed by atoms with Gasteiger partial charge in [-0.3, -0.25) is 14.6 Å². The van der Waals surface area contributed by atoms with Gasteiger partial charge in [-0.05, 0) is 42.7 Å². The first kappa shape index (κ1) is 25.2. The van der Waals surface area contributed by atoms with Crippen molar-refractivity contribution in [1.82, 2.24) is 19.5 Å². The molecule has 4 aliphatic rings. The van der Waals surface area contributed by atoms with Gasteiger partial charge in [-0.2, -0.15) is 0 Å². The van der Waals surface area contributed by atoms with Crippen molar-refractivity contribution >= 4 is 32.7 Å². The van der Waals surface area contributed by atoms with Crippen LogP contribution in [-0.4, -0.2) is 67.2 Å². The number of benzene rings is 1. The van der Waals surface area contributed by atoms with E-state index >= 15 is 0 Å². The number of piperazine rings is 1. The topological polar surface area (TPSA) is 99.7 Å². The van der Waals surface area contributed by atoms with Crippen molar-refractivity contribution < 1.29 is 18.0 Å². The fourth-order valence-corrected chi connectivity index (χ4v) is 7.45. The van der Waals surface area contributed by atoms with Gasteiger partial charge >= 0.3 is 0 Å². The molecule has 0 spiro atoms. The number of carbonyl (C=O) groups excluding carboxylic acids is 2. The van der Waals surface area contributed by atoms with Gasteiger partial charge < -0.3 is 9.80 Å². The van der Waals surface area contributed by atoms with Crippen LogP contribution in [0.3, 0.4) is 0 Å². The highest BCUT2D eigenvalue weighted by atomic mass is 32.2. The second-order valence-corrected chi connectivity index (χ2v) is 12.7. The van der Waals surface area contributed by atoms with Crippen molar-refractivity contribution in [3.8, 4) is 0 Å². The van der Waals surface area contributed by atoms with E-state index in [0.717, 1.165) is 17.2 Å². The fraction of sp³-hybridized carbons (Fsp3) is 0.483. The first-order chi connectivity index (χ1) is 18.4. The lowest BCUT2D eigenvalue weighted by atomic mass is 9.81. The number of hydrogen-bond acceptors (Lipinski definition) is 5. The predicted molar refractivity (Wildman–Crippen MR) is 144 cm³/mol. The zero-order chi connectivity index (χ0) is 26.3. The molecule has 3 unspecified atom stereocenters. The smallest absolute Gasteiger partial charge is 0.253 e. The minimum atomic E-state index is -3.80. The molecule has 2 saturated carbocycles. The lowest BCUT2D eigenvalue weighted by Crippen LogP contribution is -2.51. The average molecular weight is 535 g/mol. The zero-order valence-electron chi connectivity index (χ0n) is 21.5. The van der Waals surface area contributed by atoms with Crippen molar-refractivity contribution in [2.75, 3.05) is 26.2 Å². The van der Waals surface area contributed by atoms with Crippen molar-refractivity contribution in [2.45, 2.75) is 49.5 Å². The van der Waals surface area contributed by atoms with E-state index in [9.17, 15) is 18.0 Å². The molecule has 9 heteroatoms. The van der Waals surface area contributed by atoms with Gasteiger partial charge in [0.25, 0.3) is 5.91 Å². The van der Waals surface area contributed by atoms with Gasteiger partial charge in [-0.1, -0.05) is 55.7 Å². The molecule has 2 heterocycles. The molecule has 38 heavy (non-hydrogen) atoms. The Bertz CT molecular complexity index is 1400. The van der Waals surface area contributed by atoms with Gasteiger partial charge in [0.2, 0.25) is 15.9 Å². The van der Waals surface area contributed by atoms with E-state index in [4.69, 9.17) is 0 Å².